The van der Waals surface area contributed by atoms with E-state index in [4.69, 9.17) is 4.74 Å². The first-order valence-corrected chi connectivity index (χ1v) is 12.1. The minimum atomic E-state index is -0.358. The van der Waals surface area contributed by atoms with Crippen molar-refractivity contribution in [1.29, 1.82) is 0 Å². The fraction of sp³-hybridized carbons (Fsp3) is 0.179. The lowest BCUT2D eigenvalue weighted by atomic mass is 10.2. The largest absolute Gasteiger partial charge is 0.480 e. The predicted molar refractivity (Wildman–Crippen MR) is 150 cm³/mol. The Morgan fingerprint density at radius 1 is 1.03 bits per heavy atom. The average Bonchev–Trinajstić information content (AvgIpc) is 3.19. The number of anilines is 3. The summed E-state index contributed by atoms with van der Waals surface area (Å²) in [4.78, 5) is 42.6. The van der Waals surface area contributed by atoms with Gasteiger partial charge in [-0.1, -0.05) is 42.5 Å². The Hall–Kier alpha value is -4.99. The summed E-state index contributed by atoms with van der Waals surface area (Å²) in [6.45, 7) is 2.58. The van der Waals surface area contributed by atoms with Gasteiger partial charge in [-0.15, -0.1) is 0 Å². The summed E-state index contributed by atoms with van der Waals surface area (Å²) in [5, 5.41) is 6.01. The van der Waals surface area contributed by atoms with E-state index in [1.54, 1.807) is 43.5 Å². The summed E-state index contributed by atoms with van der Waals surface area (Å²) in [5.74, 6) is 0.765. The first kappa shape index (κ1) is 26.1. The SMILES string of the molecule is CCN(C(=O)N(C)C1=NC(Nc2ccccc2)=NCC=C1)c1cc(NC(=O)c2ccccc2)cnc1OC. The number of pyridine rings is 1. The molecule has 0 unspecified atom stereocenters. The Kier molecular flexibility index (Phi) is 8.45. The molecular formula is C28H29N7O3. The third-order valence-corrected chi connectivity index (χ3v) is 5.65. The number of aliphatic imine (C=N–C) groups is 2. The number of carbonyl (C=O) groups is 2. The van der Waals surface area contributed by atoms with Gasteiger partial charge in [0.2, 0.25) is 11.8 Å². The van der Waals surface area contributed by atoms with E-state index < -0.39 is 0 Å². The summed E-state index contributed by atoms with van der Waals surface area (Å²) < 4.78 is 5.44. The molecule has 0 spiro atoms. The molecular weight excluding hydrogens is 482 g/mol. The number of para-hydroxylation sites is 1. The quantitative estimate of drug-likeness (QED) is 0.500. The van der Waals surface area contributed by atoms with Crippen LogP contribution in [0.3, 0.4) is 0 Å². The Bertz CT molecular complexity index is 1370. The molecule has 2 heterocycles. The van der Waals surface area contributed by atoms with Crippen molar-refractivity contribution in [2.75, 3.05) is 42.8 Å². The van der Waals surface area contributed by atoms with E-state index in [-0.39, 0.29) is 17.8 Å². The first-order valence-electron chi connectivity index (χ1n) is 12.1. The maximum atomic E-state index is 13.7. The van der Waals surface area contributed by atoms with E-state index in [0.29, 0.717) is 41.8 Å². The maximum Gasteiger partial charge on any atom is 0.330 e. The van der Waals surface area contributed by atoms with Crippen molar-refractivity contribution in [2.24, 2.45) is 9.98 Å². The van der Waals surface area contributed by atoms with Crippen LogP contribution in [-0.4, -0.2) is 60.9 Å². The maximum absolute atomic E-state index is 13.7. The van der Waals surface area contributed by atoms with Crippen LogP contribution in [0.25, 0.3) is 0 Å². The van der Waals surface area contributed by atoms with Crippen molar-refractivity contribution in [3.8, 4) is 5.88 Å². The Morgan fingerprint density at radius 2 is 1.74 bits per heavy atom. The topological polar surface area (TPSA) is 112 Å². The second-order valence-corrected chi connectivity index (χ2v) is 8.19. The third kappa shape index (κ3) is 6.22. The lowest BCUT2D eigenvalue weighted by Crippen LogP contribution is -2.44. The van der Waals surface area contributed by atoms with Crippen LogP contribution in [0.5, 0.6) is 5.88 Å². The molecule has 3 amide bonds. The van der Waals surface area contributed by atoms with E-state index in [2.05, 4.69) is 25.6 Å². The van der Waals surface area contributed by atoms with Gasteiger partial charge in [-0.2, -0.15) is 4.99 Å². The highest BCUT2D eigenvalue weighted by atomic mass is 16.5. The number of carbonyl (C=O) groups excluding carboxylic acids is 2. The van der Waals surface area contributed by atoms with E-state index >= 15 is 0 Å². The van der Waals surface area contributed by atoms with Crippen molar-refractivity contribution in [3.63, 3.8) is 0 Å². The zero-order valence-electron chi connectivity index (χ0n) is 21.5. The molecule has 1 aliphatic rings. The average molecular weight is 512 g/mol. The normalized spacial score (nSPS) is 12.5. The number of nitrogens with zero attached hydrogens (tertiary/aromatic N) is 5. The number of aromatic nitrogens is 1. The molecule has 10 nitrogen and oxygen atoms in total. The molecule has 3 aromatic rings. The highest BCUT2D eigenvalue weighted by Crippen LogP contribution is 2.30. The number of ether oxygens (including phenoxy) is 1. The fourth-order valence-corrected chi connectivity index (χ4v) is 3.72. The highest BCUT2D eigenvalue weighted by molar-refractivity contribution is 6.14. The molecule has 2 N–H and O–H groups in total. The van der Waals surface area contributed by atoms with Gasteiger partial charge < -0.3 is 15.4 Å². The van der Waals surface area contributed by atoms with Gasteiger partial charge in [0.15, 0.2) is 0 Å². The highest BCUT2D eigenvalue weighted by Gasteiger charge is 2.25. The standard InChI is InChI=1S/C28H29N7O3/c1-4-35(23-18-22(19-30-26(23)38-3)31-25(36)20-12-7-5-8-13-20)28(37)34(2)24-16-11-17-29-27(33-24)32-21-14-9-6-10-15-21/h5-16,18-19H,4,17H2,1-3H3,(H,29,32)(H,31,36). The molecule has 0 aliphatic carbocycles. The molecule has 10 heteroatoms. The Labute approximate surface area is 221 Å². The lowest BCUT2D eigenvalue weighted by molar-refractivity contribution is 0.102. The van der Waals surface area contributed by atoms with Crippen LogP contribution in [-0.2, 0) is 0 Å². The first-order chi connectivity index (χ1) is 18.5. The number of methoxy groups -OCH3 is 1. The van der Waals surface area contributed by atoms with Gasteiger partial charge in [-0.3, -0.25) is 14.6 Å². The lowest BCUT2D eigenvalue weighted by Gasteiger charge is -2.28. The summed E-state index contributed by atoms with van der Waals surface area (Å²) >= 11 is 0. The number of guanidine groups is 1. The van der Waals surface area contributed by atoms with Crippen molar-refractivity contribution < 1.29 is 14.3 Å². The number of nitrogens with one attached hydrogen (secondary N) is 2. The molecule has 194 valence electrons. The zero-order valence-corrected chi connectivity index (χ0v) is 21.5. The second kappa shape index (κ2) is 12.3. The van der Waals surface area contributed by atoms with Gasteiger partial charge in [0, 0.05) is 24.8 Å². The van der Waals surface area contributed by atoms with Crippen molar-refractivity contribution in [2.45, 2.75) is 6.92 Å². The number of benzene rings is 2. The smallest absolute Gasteiger partial charge is 0.330 e. The van der Waals surface area contributed by atoms with Crippen LogP contribution in [0.4, 0.5) is 21.9 Å². The number of amides is 3. The van der Waals surface area contributed by atoms with Gasteiger partial charge in [0.1, 0.15) is 11.5 Å². The number of rotatable bonds is 6. The minimum absolute atomic E-state index is 0.248. The molecule has 1 aliphatic heterocycles. The van der Waals surface area contributed by atoms with Crippen LogP contribution in [0.1, 0.15) is 17.3 Å². The molecule has 0 saturated carbocycles. The molecule has 38 heavy (non-hydrogen) atoms. The third-order valence-electron chi connectivity index (χ3n) is 5.65. The van der Waals surface area contributed by atoms with Crippen LogP contribution >= 0.6 is 0 Å². The second-order valence-electron chi connectivity index (χ2n) is 8.19. The van der Waals surface area contributed by atoms with Gasteiger partial charge in [-0.25, -0.2) is 14.8 Å². The van der Waals surface area contributed by atoms with Crippen molar-refractivity contribution in [1.82, 2.24) is 9.88 Å². The molecule has 2 aromatic carbocycles. The molecule has 0 fully saturated rings. The summed E-state index contributed by atoms with van der Waals surface area (Å²) in [7, 11) is 3.12. The van der Waals surface area contributed by atoms with Crippen LogP contribution in [0.15, 0.2) is 95.1 Å². The van der Waals surface area contributed by atoms with E-state index in [9.17, 15) is 9.59 Å². The molecule has 1 aromatic heterocycles. The van der Waals surface area contributed by atoms with Crippen molar-refractivity contribution in [3.05, 3.63) is 90.6 Å². The van der Waals surface area contributed by atoms with E-state index in [1.165, 1.54) is 23.1 Å². The minimum Gasteiger partial charge on any atom is -0.480 e. The van der Waals surface area contributed by atoms with Crippen LogP contribution in [0, 0.1) is 0 Å². The van der Waals surface area contributed by atoms with E-state index in [1.807, 2.05) is 49.4 Å². The number of hydrogen-bond acceptors (Lipinski definition) is 7. The summed E-state index contributed by atoms with van der Waals surface area (Å²) in [6, 6.07) is 19.7. The summed E-state index contributed by atoms with van der Waals surface area (Å²) in [5.41, 5.74) is 2.18. The number of likely N-dealkylation sites (N-methyl/N-ethyl adjacent to an activating group) is 1. The van der Waals surface area contributed by atoms with Gasteiger partial charge in [0.05, 0.1) is 25.5 Å². The number of amidine groups is 1. The Balaban J connectivity index is 1.57. The van der Waals surface area contributed by atoms with E-state index in [0.717, 1.165) is 5.69 Å². The molecule has 4 rings (SSSR count). The number of hydrogen-bond donors (Lipinski definition) is 2. The van der Waals surface area contributed by atoms with Crippen molar-refractivity contribution >= 4 is 40.8 Å². The van der Waals surface area contributed by atoms with Crippen LogP contribution < -0.4 is 20.3 Å². The van der Waals surface area contributed by atoms with Gasteiger partial charge in [-0.05, 0) is 43.3 Å². The van der Waals surface area contributed by atoms with Gasteiger partial charge in [0.25, 0.3) is 5.91 Å². The summed E-state index contributed by atoms with van der Waals surface area (Å²) in [6.07, 6.45) is 5.07. The zero-order chi connectivity index (χ0) is 26.9. The predicted octanol–water partition coefficient (Wildman–Crippen LogP) is 4.66. The van der Waals surface area contributed by atoms with Crippen LogP contribution in [0.2, 0.25) is 0 Å². The fourth-order valence-electron chi connectivity index (χ4n) is 3.72. The Morgan fingerprint density at radius 3 is 2.42 bits per heavy atom. The van der Waals surface area contributed by atoms with Gasteiger partial charge >= 0.3 is 6.03 Å². The molecule has 0 saturated heterocycles. The monoisotopic (exact) mass is 511 g/mol. The molecule has 0 radical (unpaired) electrons. The number of urea groups is 1. The molecule has 0 bridgehead atoms. The molecule has 0 atom stereocenters.